The Morgan fingerprint density at radius 1 is 0.378 bits per heavy atom. The molecule has 0 rings (SSSR count). The van der Waals surface area contributed by atoms with E-state index >= 15 is 0 Å². The Kier molecular flexibility index (Phi) is 48.1. The number of aliphatic hydroxyl groups excluding tert-OH is 1. The lowest BCUT2D eigenvalue weighted by atomic mass is 9.99. The zero-order valence-electron chi connectivity index (χ0n) is 47.0. The number of hydrogen-bond donors (Lipinski definition) is 3. The molecule has 0 bridgehead atoms. The Morgan fingerprint density at radius 3 is 0.959 bits per heavy atom. The van der Waals surface area contributed by atoms with Gasteiger partial charge in [0, 0.05) is 25.7 Å². The van der Waals surface area contributed by atoms with Crippen molar-refractivity contribution in [1.82, 2.24) is 0 Å². The van der Waals surface area contributed by atoms with Gasteiger partial charge in [-0.05, 0) is 31.6 Å². The number of carbonyl (C=O) groups excluding carboxylic acids is 4. The van der Waals surface area contributed by atoms with Crippen molar-refractivity contribution in [2.75, 3.05) is 39.6 Å². The molecule has 0 aromatic heterocycles. The summed E-state index contributed by atoms with van der Waals surface area (Å²) in [4.78, 5) is 71.3. The smallest absolute Gasteiger partial charge is 0.462 e. The van der Waals surface area contributed by atoms with Crippen LogP contribution in [0.2, 0.25) is 0 Å². The summed E-state index contributed by atoms with van der Waals surface area (Å²) < 4.78 is 67.2. The molecule has 0 fully saturated rings. The maximum absolute atomic E-state index is 12.9. The molecule has 74 heavy (non-hydrogen) atoms. The molecule has 0 aliphatic rings. The Morgan fingerprint density at radius 2 is 0.649 bits per heavy atom. The van der Waals surface area contributed by atoms with Gasteiger partial charge in [0.05, 0.1) is 26.4 Å². The molecule has 3 N–H and O–H groups in total. The fourth-order valence-corrected chi connectivity index (χ4v) is 9.54. The van der Waals surface area contributed by atoms with Gasteiger partial charge in [-0.3, -0.25) is 37.3 Å². The highest BCUT2D eigenvalue weighted by Gasteiger charge is 2.30. The van der Waals surface area contributed by atoms with Crippen molar-refractivity contribution in [3.63, 3.8) is 0 Å². The molecule has 0 aromatic carbocycles. The Balaban J connectivity index is 5.14. The van der Waals surface area contributed by atoms with Crippen molar-refractivity contribution in [1.29, 1.82) is 0 Å². The number of phosphoric ester groups is 2. The second-order valence-corrected chi connectivity index (χ2v) is 23.1. The van der Waals surface area contributed by atoms with Crippen molar-refractivity contribution in [3.8, 4) is 0 Å². The van der Waals surface area contributed by atoms with Gasteiger partial charge in [0.1, 0.15) is 19.3 Å². The minimum atomic E-state index is -4.93. The lowest BCUT2D eigenvalue weighted by Gasteiger charge is -2.21. The van der Waals surface area contributed by atoms with Crippen LogP contribution in [0, 0.1) is 5.92 Å². The molecule has 3 unspecified atom stereocenters. The summed E-state index contributed by atoms with van der Waals surface area (Å²) in [7, 11) is -9.85. The topological polar surface area (TPSA) is 237 Å². The number of rotatable bonds is 55. The summed E-state index contributed by atoms with van der Waals surface area (Å²) in [5, 5.41) is 10.4. The van der Waals surface area contributed by atoms with Crippen molar-refractivity contribution in [2.45, 2.75) is 284 Å². The molecule has 17 nitrogen and oxygen atoms in total. The number of esters is 4. The second kappa shape index (κ2) is 49.4. The van der Waals surface area contributed by atoms with E-state index < -0.39 is 97.5 Å². The van der Waals surface area contributed by atoms with Crippen molar-refractivity contribution >= 4 is 39.5 Å². The molecule has 0 amide bonds. The SMILES string of the molecule is CCCCCCCCCCCCC(=O)OC[C@H](COP(=O)(O)OC[C@@H](O)COP(=O)(O)OC[C@@H](COC(=O)CCCCCCC)OC(=O)CCCCCCC)OC(=O)CCCCCCCCCCCCC(C)CC. The van der Waals surface area contributed by atoms with Crippen LogP contribution in [0.15, 0.2) is 0 Å². The van der Waals surface area contributed by atoms with E-state index in [9.17, 15) is 43.2 Å². The first-order valence-electron chi connectivity index (χ1n) is 29.2. The molecule has 6 atom stereocenters. The standard InChI is InChI=1S/C55H106O17P2/c1-6-10-13-16-17-18-22-25-30-34-39-53(58)66-45-51(72-55(60)41-36-31-26-23-20-19-21-24-29-32-37-48(5)9-4)47-70-74(63,64)68-43-49(56)42-67-73(61,62)69-46-50(71-54(59)40-35-28-15-12-8-3)44-65-52(57)38-33-27-14-11-7-2/h48-51,56H,6-47H2,1-5H3,(H,61,62)(H,63,64)/t48?,49-,50+,51+/m0/s1. The van der Waals surface area contributed by atoms with Gasteiger partial charge in [-0.1, -0.05) is 214 Å². The van der Waals surface area contributed by atoms with Crippen LogP contribution in [0.3, 0.4) is 0 Å². The molecule has 0 radical (unpaired) electrons. The van der Waals surface area contributed by atoms with Gasteiger partial charge < -0.3 is 33.8 Å². The monoisotopic (exact) mass is 1100 g/mol. The van der Waals surface area contributed by atoms with Crippen LogP contribution in [0.5, 0.6) is 0 Å². The number of unbranched alkanes of at least 4 members (excludes halogenated alkanes) is 26. The molecular formula is C55H106O17P2. The Hall–Kier alpha value is -1.94. The molecule has 438 valence electrons. The van der Waals surface area contributed by atoms with Gasteiger partial charge in [0.15, 0.2) is 12.2 Å². The van der Waals surface area contributed by atoms with Crippen molar-refractivity contribution in [2.24, 2.45) is 5.92 Å². The first-order valence-corrected chi connectivity index (χ1v) is 32.2. The number of ether oxygens (including phenoxy) is 4. The number of hydrogen-bond acceptors (Lipinski definition) is 15. The third-order valence-corrected chi connectivity index (χ3v) is 14.8. The zero-order valence-corrected chi connectivity index (χ0v) is 48.7. The van der Waals surface area contributed by atoms with Gasteiger partial charge in [0.2, 0.25) is 0 Å². The molecule has 0 spiro atoms. The van der Waals surface area contributed by atoms with Gasteiger partial charge in [0.25, 0.3) is 0 Å². The first-order chi connectivity index (χ1) is 35.6. The maximum atomic E-state index is 12.9. The number of aliphatic hydroxyl groups is 1. The lowest BCUT2D eigenvalue weighted by molar-refractivity contribution is -0.161. The summed E-state index contributed by atoms with van der Waals surface area (Å²) in [6.07, 6.45) is 30.0. The number of carbonyl (C=O) groups is 4. The van der Waals surface area contributed by atoms with E-state index in [0.717, 1.165) is 102 Å². The van der Waals surface area contributed by atoms with Crippen LogP contribution in [0.1, 0.15) is 266 Å². The summed E-state index contributed by atoms with van der Waals surface area (Å²) in [6.45, 7) is 6.96. The summed E-state index contributed by atoms with van der Waals surface area (Å²) in [5.41, 5.74) is 0. The molecular weight excluding hydrogens is 995 g/mol. The number of phosphoric acid groups is 2. The zero-order chi connectivity index (χ0) is 55.0. The fourth-order valence-electron chi connectivity index (χ4n) is 7.96. The largest absolute Gasteiger partial charge is 0.472 e. The summed E-state index contributed by atoms with van der Waals surface area (Å²) >= 11 is 0. The third kappa shape index (κ3) is 48.4. The Labute approximate surface area is 447 Å². The average Bonchev–Trinajstić information content (AvgIpc) is 3.37. The van der Waals surface area contributed by atoms with Crippen LogP contribution in [0.25, 0.3) is 0 Å². The first kappa shape index (κ1) is 72.1. The van der Waals surface area contributed by atoms with Crippen LogP contribution >= 0.6 is 15.6 Å². The van der Waals surface area contributed by atoms with E-state index in [1.54, 1.807) is 0 Å². The highest BCUT2D eigenvalue weighted by Crippen LogP contribution is 2.45. The minimum Gasteiger partial charge on any atom is -0.462 e. The molecule has 0 saturated heterocycles. The highest BCUT2D eigenvalue weighted by molar-refractivity contribution is 7.47. The second-order valence-electron chi connectivity index (χ2n) is 20.2. The van der Waals surface area contributed by atoms with Gasteiger partial charge in [-0.25, -0.2) is 9.13 Å². The van der Waals surface area contributed by atoms with Gasteiger partial charge in [-0.2, -0.15) is 0 Å². The van der Waals surface area contributed by atoms with Crippen LogP contribution in [-0.4, -0.2) is 96.7 Å². The summed E-state index contributed by atoms with van der Waals surface area (Å²) in [5.74, 6) is -1.37. The average molecular weight is 1100 g/mol. The van der Waals surface area contributed by atoms with E-state index in [1.807, 2.05) is 0 Å². The molecule has 0 saturated carbocycles. The van der Waals surface area contributed by atoms with Crippen molar-refractivity contribution in [3.05, 3.63) is 0 Å². The van der Waals surface area contributed by atoms with E-state index in [2.05, 4.69) is 34.6 Å². The van der Waals surface area contributed by atoms with Gasteiger partial charge >= 0.3 is 39.5 Å². The van der Waals surface area contributed by atoms with Crippen LogP contribution in [0.4, 0.5) is 0 Å². The molecule has 0 aliphatic carbocycles. The predicted molar refractivity (Wildman–Crippen MR) is 289 cm³/mol. The van der Waals surface area contributed by atoms with E-state index in [-0.39, 0.29) is 25.7 Å². The van der Waals surface area contributed by atoms with Crippen LogP contribution in [-0.2, 0) is 65.4 Å². The van der Waals surface area contributed by atoms with E-state index in [0.29, 0.717) is 25.7 Å². The fraction of sp³-hybridized carbons (Fsp3) is 0.927. The predicted octanol–water partition coefficient (Wildman–Crippen LogP) is 14.3. The molecule has 19 heteroatoms. The molecule has 0 aromatic rings. The minimum absolute atomic E-state index is 0.0987. The normalized spacial score (nSPS) is 14.9. The lowest BCUT2D eigenvalue weighted by Crippen LogP contribution is -2.30. The van der Waals surface area contributed by atoms with Gasteiger partial charge in [-0.15, -0.1) is 0 Å². The van der Waals surface area contributed by atoms with E-state index in [1.165, 1.54) is 83.5 Å². The summed E-state index contributed by atoms with van der Waals surface area (Å²) in [6, 6.07) is 0. The third-order valence-electron chi connectivity index (χ3n) is 12.9. The van der Waals surface area contributed by atoms with E-state index in [4.69, 9.17) is 37.0 Å². The quantitative estimate of drug-likeness (QED) is 0.0222. The highest BCUT2D eigenvalue weighted by atomic mass is 31.2. The Bertz CT molecular complexity index is 1470. The molecule has 0 heterocycles. The van der Waals surface area contributed by atoms with Crippen molar-refractivity contribution < 1.29 is 80.2 Å². The molecule has 0 aliphatic heterocycles. The maximum Gasteiger partial charge on any atom is 0.472 e. The van der Waals surface area contributed by atoms with Crippen LogP contribution < -0.4 is 0 Å².